The largest absolute Gasteiger partial charge is 0.0622 e. The maximum absolute atomic E-state index is 2.48. The van der Waals surface area contributed by atoms with Crippen LogP contribution < -0.4 is 0 Å². The van der Waals surface area contributed by atoms with Gasteiger partial charge in [-0.3, -0.25) is 0 Å². The fraction of sp³-hybridized carbons (Fsp3) is 0.0423. The molecule has 0 radical (unpaired) electrons. The second kappa shape index (κ2) is 16.1. The molecule has 0 heteroatoms. The van der Waals surface area contributed by atoms with Crippen LogP contribution in [0.4, 0.5) is 0 Å². The van der Waals surface area contributed by atoms with E-state index < -0.39 is 0 Å². The summed E-state index contributed by atoms with van der Waals surface area (Å²) in [4.78, 5) is 0. The lowest BCUT2D eigenvalue weighted by atomic mass is 9.80. The monoisotopic (exact) mass is 900 g/mol. The summed E-state index contributed by atoms with van der Waals surface area (Å²) >= 11 is 0. The molecule has 0 unspecified atom stereocenters. The van der Waals surface area contributed by atoms with E-state index in [4.69, 9.17) is 0 Å². The molecule has 0 bridgehead atoms. The first-order valence-electron chi connectivity index (χ1n) is 24.9. The van der Waals surface area contributed by atoms with Gasteiger partial charge in [-0.05, 0) is 185 Å². The van der Waals surface area contributed by atoms with Crippen LogP contribution in [-0.2, 0) is 5.41 Å². The van der Waals surface area contributed by atoms with E-state index in [1.807, 2.05) is 0 Å². The van der Waals surface area contributed by atoms with Crippen molar-refractivity contribution in [1.29, 1.82) is 0 Å². The Balaban J connectivity index is 0.945. The van der Waals surface area contributed by atoms with E-state index >= 15 is 0 Å². The molecule has 0 atom stereocenters. The first-order chi connectivity index (χ1) is 35.0. The van der Waals surface area contributed by atoms with E-state index in [2.05, 4.69) is 269 Å². The van der Waals surface area contributed by atoms with Crippen molar-refractivity contribution in [2.24, 2.45) is 0 Å². The van der Waals surface area contributed by atoms with Crippen LogP contribution in [0.3, 0.4) is 0 Å². The predicted octanol–water partition coefficient (Wildman–Crippen LogP) is 19.8. The second-order valence-electron chi connectivity index (χ2n) is 20.0. The van der Waals surface area contributed by atoms with Crippen molar-refractivity contribution in [3.63, 3.8) is 0 Å². The van der Waals surface area contributed by atoms with Crippen LogP contribution >= 0.6 is 0 Å². The highest BCUT2D eigenvalue weighted by Crippen LogP contribution is 2.52. The van der Waals surface area contributed by atoms with Crippen molar-refractivity contribution < 1.29 is 0 Å². The zero-order valence-corrected chi connectivity index (χ0v) is 39.7. The standard InChI is InChI=1S/C71H48/c1-71(2)67-43-51(31-36-60(67)61-37-33-54(44-68(61)71)63-41-52-26-14-15-27-55(52)56-28-16-17-29-57(56)63)50-30-34-58-59-35-32-53(64-39-49-25-13-12-24-48(49)38-62(64)45-18-6-3-7-19-45)42-66(59)70(47-22-10-5-11-23-47)69(65(58)40-50)46-20-8-4-9-21-46/h3-44H,1-2H3. The third kappa shape index (κ3) is 6.59. The predicted molar refractivity (Wildman–Crippen MR) is 304 cm³/mol. The number of benzene rings is 13. The summed E-state index contributed by atoms with van der Waals surface area (Å²) in [6.45, 7) is 4.82. The maximum Gasteiger partial charge on any atom is 0.0159 e. The van der Waals surface area contributed by atoms with E-state index in [0.717, 1.165) is 0 Å². The van der Waals surface area contributed by atoms with Crippen molar-refractivity contribution in [2.75, 3.05) is 0 Å². The number of hydrogen-bond donors (Lipinski definition) is 0. The highest BCUT2D eigenvalue weighted by Gasteiger charge is 2.36. The number of hydrogen-bond acceptors (Lipinski definition) is 0. The van der Waals surface area contributed by atoms with Gasteiger partial charge >= 0.3 is 0 Å². The molecule has 0 amide bonds. The highest BCUT2D eigenvalue weighted by molar-refractivity contribution is 6.23. The van der Waals surface area contributed by atoms with Crippen LogP contribution in [0.1, 0.15) is 25.0 Å². The summed E-state index contributed by atoms with van der Waals surface area (Å²) in [6, 6.07) is 95.2. The Morgan fingerprint density at radius 1 is 0.211 bits per heavy atom. The second-order valence-corrected chi connectivity index (χ2v) is 20.0. The molecule has 0 aliphatic heterocycles. The van der Waals surface area contributed by atoms with Gasteiger partial charge in [-0.15, -0.1) is 0 Å². The molecule has 332 valence electrons. The van der Waals surface area contributed by atoms with Crippen LogP contribution in [0, 0.1) is 0 Å². The van der Waals surface area contributed by atoms with Gasteiger partial charge in [-0.2, -0.15) is 0 Å². The summed E-state index contributed by atoms with van der Waals surface area (Å²) in [7, 11) is 0. The Hall–Kier alpha value is -8.84. The van der Waals surface area contributed by atoms with Gasteiger partial charge in [0, 0.05) is 5.41 Å². The Morgan fingerprint density at radius 3 is 1.20 bits per heavy atom. The molecule has 1 aliphatic rings. The molecule has 0 saturated carbocycles. The van der Waals surface area contributed by atoms with Crippen molar-refractivity contribution >= 4 is 53.9 Å². The molecule has 0 N–H and O–H groups in total. The minimum Gasteiger partial charge on any atom is -0.0622 e. The van der Waals surface area contributed by atoms with Crippen LogP contribution in [0.5, 0.6) is 0 Å². The van der Waals surface area contributed by atoms with Crippen LogP contribution in [0.15, 0.2) is 255 Å². The fourth-order valence-corrected chi connectivity index (χ4v) is 12.1. The lowest BCUT2D eigenvalue weighted by molar-refractivity contribution is 0.661. The van der Waals surface area contributed by atoms with Crippen molar-refractivity contribution in [3.05, 3.63) is 266 Å². The van der Waals surface area contributed by atoms with Gasteiger partial charge in [0.25, 0.3) is 0 Å². The molecule has 0 nitrogen and oxygen atoms in total. The summed E-state index contributed by atoms with van der Waals surface area (Å²) in [5.74, 6) is 0. The topological polar surface area (TPSA) is 0 Å². The van der Waals surface area contributed by atoms with E-state index in [-0.39, 0.29) is 5.41 Å². The normalized spacial score (nSPS) is 12.8. The molecule has 14 rings (SSSR count). The molecule has 71 heavy (non-hydrogen) atoms. The van der Waals surface area contributed by atoms with E-state index in [1.54, 1.807) is 0 Å². The molecule has 0 saturated heterocycles. The highest BCUT2D eigenvalue weighted by atomic mass is 14.4. The van der Waals surface area contributed by atoms with Gasteiger partial charge in [0.2, 0.25) is 0 Å². The Labute approximate surface area is 414 Å². The Morgan fingerprint density at radius 2 is 0.592 bits per heavy atom. The third-order valence-corrected chi connectivity index (χ3v) is 15.6. The van der Waals surface area contributed by atoms with Crippen molar-refractivity contribution in [3.8, 4) is 77.9 Å². The summed E-state index contributed by atoms with van der Waals surface area (Å²) in [5, 5.41) is 12.6. The zero-order valence-electron chi connectivity index (χ0n) is 39.7. The number of fused-ring (bicyclic) bond motifs is 10. The summed E-state index contributed by atoms with van der Waals surface area (Å²) < 4.78 is 0. The SMILES string of the molecule is CC1(C)c2cc(-c3ccc4c(c3)c(-c3ccccc3)c(-c3ccccc3)c3cc(-c5cc6ccccc6cc5-c5ccccc5)ccc34)ccc2-c2ccc(-c3cc4ccccc4c4ccccc34)cc21. The van der Waals surface area contributed by atoms with Crippen molar-refractivity contribution in [1.82, 2.24) is 0 Å². The van der Waals surface area contributed by atoms with Gasteiger partial charge < -0.3 is 0 Å². The van der Waals surface area contributed by atoms with Gasteiger partial charge in [-0.1, -0.05) is 226 Å². The minimum atomic E-state index is -0.199. The molecular weight excluding hydrogens is 853 g/mol. The quantitative estimate of drug-likeness (QED) is 0.146. The van der Waals surface area contributed by atoms with Crippen LogP contribution in [0.25, 0.3) is 132 Å². The van der Waals surface area contributed by atoms with E-state index in [9.17, 15) is 0 Å². The van der Waals surface area contributed by atoms with Crippen LogP contribution in [-0.4, -0.2) is 0 Å². The van der Waals surface area contributed by atoms with Gasteiger partial charge in [-0.25, -0.2) is 0 Å². The molecular formula is C71H48. The van der Waals surface area contributed by atoms with Crippen LogP contribution in [0.2, 0.25) is 0 Å². The molecule has 0 aromatic heterocycles. The molecule has 1 aliphatic carbocycles. The first-order valence-corrected chi connectivity index (χ1v) is 24.9. The third-order valence-electron chi connectivity index (χ3n) is 15.6. The summed E-state index contributed by atoms with van der Waals surface area (Å²) in [6.07, 6.45) is 0. The average molecular weight is 901 g/mol. The summed E-state index contributed by atoms with van der Waals surface area (Å²) in [5.41, 5.74) is 20.0. The Kier molecular flexibility index (Phi) is 9.35. The molecule has 13 aromatic rings. The molecule has 13 aromatic carbocycles. The lowest BCUT2D eigenvalue weighted by Crippen LogP contribution is -2.15. The minimum absolute atomic E-state index is 0.199. The fourth-order valence-electron chi connectivity index (χ4n) is 12.1. The Bertz CT molecular complexity index is 4270. The molecule has 0 fully saturated rings. The van der Waals surface area contributed by atoms with Gasteiger partial charge in [0.15, 0.2) is 0 Å². The van der Waals surface area contributed by atoms with E-state index in [1.165, 1.54) is 143 Å². The van der Waals surface area contributed by atoms with Gasteiger partial charge in [0.1, 0.15) is 0 Å². The first kappa shape index (κ1) is 41.2. The smallest absolute Gasteiger partial charge is 0.0159 e. The molecule has 0 spiro atoms. The zero-order chi connectivity index (χ0) is 47.2. The van der Waals surface area contributed by atoms with E-state index in [0.29, 0.717) is 0 Å². The maximum atomic E-state index is 2.48. The average Bonchev–Trinajstić information content (AvgIpc) is 3.66. The van der Waals surface area contributed by atoms with Crippen molar-refractivity contribution in [2.45, 2.75) is 19.3 Å². The number of rotatable bonds is 6. The lowest BCUT2D eigenvalue weighted by Gasteiger charge is -2.23. The molecule has 0 heterocycles. The van der Waals surface area contributed by atoms with Gasteiger partial charge in [0.05, 0.1) is 0 Å².